The normalized spacial score (nSPS) is 8.67. The molecular weight excluding hydrogens is 156 g/mol. The van der Waals surface area contributed by atoms with E-state index in [0.29, 0.717) is 0 Å². The Morgan fingerprint density at radius 1 is 1.75 bits per heavy atom. The fourth-order valence-corrected chi connectivity index (χ4v) is 0.772. The summed E-state index contributed by atoms with van der Waals surface area (Å²) in [5.74, 6) is -0.519. The molecule has 0 saturated heterocycles. The molecule has 0 radical (unpaired) electrons. The molecule has 4 heteroatoms. The first-order valence-corrected chi connectivity index (χ1v) is 3.22. The van der Waals surface area contributed by atoms with Gasteiger partial charge in [0.2, 0.25) is 0 Å². The van der Waals surface area contributed by atoms with E-state index in [4.69, 9.17) is 5.26 Å². The van der Waals surface area contributed by atoms with Crippen molar-refractivity contribution in [3.63, 3.8) is 0 Å². The molecule has 0 amide bonds. The second kappa shape index (κ2) is 3.49. The van der Waals surface area contributed by atoms with Gasteiger partial charge in [-0.15, -0.1) is 0 Å². The molecule has 0 aliphatic rings. The standard InChI is InChI=1S/C8H6N2O2/c1-12-8(11)7-2-3-10-5-6(7)4-9/h2-3,5H,1H3. The Hall–Kier alpha value is -1.89. The van der Waals surface area contributed by atoms with Gasteiger partial charge in [-0.05, 0) is 6.07 Å². The summed E-state index contributed by atoms with van der Waals surface area (Å²) < 4.78 is 4.46. The van der Waals surface area contributed by atoms with Crippen molar-refractivity contribution in [3.05, 3.63) is 29.6 Å². The topological polar surface area (TPSA) is 63.0 Å². The van der Waals surface area contributed by atoms with Crippen LogP contribution in [0.4, 0.5) is 0 Å². The predicted molar refractivity (Wildman–Crippen MR) is 40.3 cm³/mol. The maximum absolute atomic E-state index is 11.0. The predicted octanol–water partition coefficient (Wildman–Crippen LogP) is 0.740. The number of carbonyl (C=O) groups is 1. The summed E-state index contributed by atoms with van der Waals surface area (Å²) in [7, 11) is 1.27. The molecule has 0 saturated carbocycles. The third-order valence-corrected chi connectivity index (χ3v) is 1.35. The van der Waals surface area contributed by atoms with Crippen LogP contribution in [0.1, 0.15) is 15.9 Å². The molecule has 12 heavy (non-hydrogen) atoms. The van der Waals surface area contributed by atoms with Crippen LogP contribution < -0.4 is 0 Å². The highest BCUT2D eigenvalue weighted by Crippen LogP contribution is 2.05. The van der Waals surface area contributed by atoms with Gasteiger partial charge in [-0.1, -0.05) is 0 Å². The first-order valence-electron chi connectivity index (χ1n) is 3.22. The third-order valence-electron chi connectivity index (χ3n) is 1.35. The maximum Gasteiger partial charge on any atom is 0.339 e. The molecule has 1 aromatic rings. The molecule has 0 N–H and O–H groups in total. The van der Waals surface area contributed by atoms with Crippen LogP contribution in [0.5, 0.6) is 0 Å². The molecule has 0 aliphatic carbocycles. The Morgan fingerprint density at radius 2 is 2.50 bits per heavy atom. The zero-order chi connectivity index (χ0) is 8.97. The van der Waals surface area contributed by atoms with E-state index in [0.717, 1.165) is 0 Å². The molecule has 1 aromatic heterocycles. The number of aromatic nitrogens is 1. The second-order valence-corrected chi connectivity index (χ2v) is 2.02. The Balaban J connectivity index is 3.16. The molecule has 4 nitrogen and oxygen atoms in total. The first kappa shape index (κ1) is 8.21. The lowest BCUT2D eigenvalue weighted by atomic mass is 10.1. The molecule has 60 valence electrons. The van der Waals surface area contributed by atoms with Crippen molar-refractivity contribution in [2.75, 3.05) is 7.11 Å². The monoisotopic (exact) mass is 162 g/mol. The molecule has 1 rings (SSSR count). The number of hydrogen-bond acceptors (Lipinski definition) is 4. The zero-order valence-corrected chi connectivity index (χ0v) is 6.44. The largest absolute Gasteiger partial charge is 0.465 e. The maximum atomic E-state index is 11.0. The van der Waals surface area contributed by atoms with Crippen molar-refractivity contribution in [3.8, 4) is 6.07 Å². The van der Waals surface area contributed by atoms with Gasteiger partial charge in [0.25, 0.3) is 0 Å². The molecule has 0 atom stereocenters. The summed E-state index contributed by atoms with van der Waals surface area (Å²) in [6.45, 7) is 0. The summed E-state index contributed by atoms with van der Waals surface area (Å²) in [6.07, 6.45) is 2.76. The third kappa shape index (κ3) is 1.40. The highest BCUT2D eigenvalue weighted by Gasteiger charge is 2.09. The van der Waals surface area contributed by atoms with Crippen LogP contribution >= 0.6 is 0 Å². The van der Waals surface area contributed by atoms with Crippen LogP contribution in [0.15, 0.2) is 18.5 Å². The Kier molecular flexibility index (Phi) is 2.38. The minimum Gasteiger partial charge on any atom is -0.465 e. The van der Waals surface area contributed by atoms with Gasteiger partial charge in [-0.3, -0.25) is 4.98 Å². The smallest absolute Gasteiger partial charge is 0.339 e. The molecule has 0 aromatic carbocycles. The molecule has 0 spiro atoms. The number of carbonyl (C=O) groups excluding carboxylic acids is 1. The van der Waals surface area contributed by atoms with E-state index < -0.39 is 5.97 Å². The quantitative estimate of drug-likeness (QED) is 0.571. The highest BCUT2D eigenvalue weighted by atomic mass is 16.5. The van der Waals surface area contributed by atoms with Gasteiger partial charge in [-0.2, -0.15) is 5.26 Å². The summed E-state index contributed by atoms with van der Waals surface area (Å²) in [4.78, 5) is 14.7. The van der Waals surface area contributed by atoms with E-state index in [1.807, 2.05) is 6.07 Å². The lowest BCUT2D eigenvalue weighted by Crippen LogP contribution is -2.03. The minimum absolute atomic E-state index is 0.226. The fraction of sp³-hybridized carbons (Fsp3) is 0.125. The molecular formula is C8H6N2O2. The number of esters is 1. The second-order valence-electron chi connectivity index (χ2n) is 2.02. The van der Waals surface area contributed by atoms with E-state index >= 15 is 0 Å². The SMILES string of the molecule is COC(=O)c1ccncc1C#N. The van der Waals surface area contributed by atoms with Crippen molar-refractivity contribution in [1.82, 2.24) is 4.98 Å². The number of rotatable bonds is 1. The van der Waals surface area contributed by atoms with Gasteiger partial charge in [0.15, 0.2) is 0 Å². The van der Waals surface area contributed by atoms with E-state index in [9.17, 15) is 4.79 Å². The molecule has 0 bridgehead atoms. The van der Waals surface area contributed by atoms with Gasteiger partial charge >= 0.3 is 5.97 Å². The van der Waals surface area contributed by atoms with Gasteiger partial charge in [0.05, 0.1) is 18.2 Å². The van der Waals surface area contributed by atoms with Crippen LogP contribution in [0.3, 0.4) is 0 Å². The Bertz CT molecular complexity index is 341. The van der Waals surface area contributed by atoms with Crippen LogP contribution in [0, 0.1) is 11.3 Å². The van der Waals surface area contributed by atoms with Crippen molar-refractivity contribution < 1.29 is 9.53 Å². The van der Waals surface area contributed by atoms with Crippen molar-refractivity contribution in [2.45, 2.75) is 0 Å². The number of hydrogen-bond donors (Lipinski definition) is 0. The average molecular weight is 162 g/mol. The minimum atomic E-state index is -0.519. The van der Waals surface area contributed by atoms with Crippen LogP contribution in [0.25, 0.3) is 0 Å². The number of methoxy groups -OCH3 is 1. The Morgan fingerprint density at radius 3 is 3.08 bits per heavy atom. The number of pyridine rings is 1. The van der Waals surface area contributed by atoms with Gasteiger partial charge in [-0.25, -0.2) is 4.79 Å². The van der Waals surface area contributed by atoms with Gasteiger partial charge < -0.3 is 4.74 Å². The zero-order valence-electron chi connectivity index (χ0n) is 6.44. The van der Waals surface area contributed by atoms with Gasteiger partial charge in [0.1, 0.15) is 6.07 Å². The summed E-state index contributed by atoms with van der Waals surface area (Å²) in [5, 5.41) is 8.57. The van der Waals surface area contributed by atoms with E-state index in [1.165, 1.54) is 25.6 Å². The van der Waals surface area contributed by atoms with Crippen LogP contribution in [-0.4, -0.2) is 18.1 Å². The molecule has 0 aliphatic heterocycles. The number of ether oxygens (including phenoxy) is 1. The Labute approximate surface area is 69.4 Å². The van der Waals surface area contributed by atoms with Gasteiger partial charge in [0, 0.05) is 12.4 Å². The number of nitriles is 1. The summed E-state index contributed by atoms with van der Waals surface area (Å²) >= 11 is 0. The van der Waals surface area contributed by atoms with Crippen molar-refractivity contribution in [1.29, 1.82) is 5.26 Å². The summed E-state index contributed by atoms with van der Waals surface area (Å²) in [6, 6.07) is 3.30. The molecule has 0 fully saturated rings. The van der Waals surface area contributed by atoms with E-state index in [1.54, 1.807) is 0 Å². The van der Waals surface area contributed by atoms with Crippen molar-refractivity contribution >= 4 is 5.97 Å². The fourth-order valence-electron chi connectivity index (χ4n) is 0.772. The first-order chi connectivity index (χ1) is 5.79. The lowest BCUT2D eigenvalue weighted by Gasteiger charge is -1.98. The molecule has 1 heterocycles. The summed E-state index contributed by atoms with van der Waals surface area (Å²) in [5.41, 5.74) is 0.472. The van der Waals surface area contributed by atoms with Crippen LogP contribution in [0.2, 0.25) is 0 Å². The van der Waals surface area contributed by atoms with Crippen LogP contribution in [-0.2, 0) is 4.74 Å². The van der Waals surface area contributed by atoms with E-state index in [-0.39, 0.29) is 11.1 Å². The highest BCUT2D eigenvalue weighted by molar-refractivity contribution is 5.91. The van der Waals surface area contributed by atoms with Crippen molar-refractivity contribution in [2.24, 2.45) is 0 Å². The number of nitrogens with zero attached hydrogens (tertiary/aromatic N) is 2. The lowest BCUT2D eigenvalue weighted by molar-refractivity contribution is 0.0600. The molecule has 0 unspecified atom stereocenters. The van der Waals surface area contributed by atoms with E-state index in [2.05, 4.69) is 9.72 Å². The average Bonchev–Trinajstić information content (AvgIpc) is 2.16.